The monoisotopic (exact) mass is 282 g/mol. The van der Waals surface area contributed by atoms with E-state index in [0.717, 1.165) is 31.0 Å². The van der Waals surface area contributed by atoms with Gasteiger partial charge in [-0.1, -0.05) is 24.1 Å². The highest BCUT2D eigenvalue weighted by Gasteiger charge is 2.48. The lowest BCUT2D eigenvalue weighted by Gasteiger charge is -2.29. The Bertz CT molecular complexity index is 429. The van der Waals surface area contributed by atoms with Gasteiger partial charge in [0.15, 0.2) is 0 Å². The van der Waals surface area contributed by atoms with E-state index in [2.05, 4.69) is 4.90 Å². The Balaban J connectivity index is 1.70. The van der Waals surface area contributed by atoms with Crippen LogP contribution in [-0.2, 0) is 9.59 Å². The smallest absolute Gasteiger partial charge is 0.234 e. The van der Waals surface area contributed by atoms with E-state index in [1.165, 1.54) is 11.3 Å². The van der Waals surface area contributed by atoms with Gasteiger partial charge in [0.1, 0.15) is 0 Å². The quantitative estimate of drug-likeness (QED) is 0.727. The molecule has 3 aliphatic rings. The summed E-state index contributed by atoms with van der Waals surface area (Å²) in [5, 5.41) is 0.724. The molecule has 3 rings (SSSR count). The molecule has 0 bridgehead atoms. The van der Waals surface area contributed by atoms with Crippen molar-refractivity contribution in [3.05, 3.63) is 11.1 Å². The molecular weight excluding hydrogens is 264 g/mol. The van der Waals surface area contributed by atoms with Crippen molar-refractivity contribution >= 4 is 23.4 Å². The minimum Gasteiger partial charge on any atom is -0.286 e. The van der Waals surface area contributed by atoms with Crippen LogP contribution in [0.5, 0.6) is 0 Å². The number of halogens is 1. The highest BCUT2D eigenvalue weighted by molar-refractivity contribution is 6.30. The summed E-state index contributed by atoms with van der Waals surface area (Å²) >= 11 is 6.00. The summed E-state index contributed by atoms with van der Waals surface area (Å²) in [5.41, 5.74) is 0. The lowest BCUT2D eigenvalue weighted by molar-refractivity contribution is -0.142. The number of carbonyl (C=O) groups excluding carboxylic acids is 2. The molecule has 0 aromatic heterocycles. The van der Waals surface area contributed by atoms with Gasteiger partial charge in [0.05, 0.1) is 18.5 Å². The summed E-state index contributed by atoms with van der Waals surface area (Å²) in [6.07, 6.45) is 6.62. The lowest BCUT2D eigenvalue weighted by Crippen LogP contribution is -2.43. The molecular formula is C14H19ClN2O2. The van der Waals surface area contributed by atoms with Crippen LogP contribution in [0.25, 0.3) is 0 Å². The minimum atomic E-state index is -0.213. The largest absolute Gasteiger partial charge is 0.286 e. The molecule has 2 saturated heterocycles. The Morgan fingerprint density at radius 3 is 2.53 bits per heavy atom. The second kappa shape index (κ2) is 5.25. The molecule has 4 nitrogen and oxygen atoms in total. The van der Waals surface area contributed by atoms with Crippen molar-refractivity contribution in [3.63, 3.8) is 0 Å². The van der Waals surface area contributed by atoms with Crippen molar-refractivity contribution in [3.8, 4) is 0 Å². The van der Waals surface area contributed by atoms with Crippen LogP contribution in [-0.4, -0.2) is 41.4 Å². The van der Waals surface area contributed by atoms with Crippen molar-refractivity contribution in [1.82, 2.24) is 9.80 Å². The van der Waals surface area contributed by atoms with Crippen LogP contribution in [0.3, 0.4) is 0 Å². The van der Waals surface area contributed by atoms with Gasteiger partial charge < -0.3 is 0 Å². The van der Waals surface area contributed by atoms with E-state index in [4.69, 9.17) is 11.6 Å². The molecule has 0 unspecified atom stereocenters. The second-order valence-electron chi connectivity index (χ2n) is 5.73. The molecule has 5 heteroatoms. The molecule has 104 valence electrons. The number of imide groups is 1. The van der Waals surface area contributed by atoms with Crippen LogP contribution in [0.15, 0.2) is 11.1 Å². The Morgan fingerprint density at radius 1 is 1.11 bits per heavy atom. The average Bonchev–Trinajstić information content (AvgIpc) is 2.65. The molecule has 0 radical (unpaired) electrons. The van der Waals surface area contributed by atoms with Gasteiger partial charge in [0.25, 0.3) is 0 Å². The number of allylic oxidation sites excluding steroid dienone is 2. The van der Waals surface area contributed by atoms with Crippen molar-refractivity contribution in [2.45, 2.75) is 32.1 Å². The van der Waals surface area contributed by atoms with E-state index in [-0.39, 0.29) is 23.7 Å². The first kappa shape index (κ1) is 13.1. The lowest BCUT2D eigenvalue weighted by atomic mass is 9.85. The SMILES string of the molecule is O=C1[C@H]2CC=C(Cl)C[C@H]2C(=O)N1CN1CCCCC1. The maximum Gasteiger partial charge on any atom is 0.234 e. The Morgan fingerprint density at radius 2 is 1.79 bits per heavy atom. The fraction of sp³-hybridized carbons (Fsp3) is 0.714. The third-order valence-corrected chi connectivity index (χ3v) is 4.76. The van der Waals surface area contributed by atoms with Crippen LogP contribution >= 0.6 is 11.6 Å². The highest BCUT2D eigenvalue weighted by atomic mass is 35.5. The maximum absolute atomic E-state index is 12.4. The van der Waals surface area contributed by atoms with Crippen molar-refractivity contribution in [1.29, 1.82) is 0 Å². The molecule has 2 fully saturated rings. The molecule has 0 saturated carbocycles. The number of amides is 2. The van der Waals surface area contributed by atoms with E-state index in [0.29, 0.717) is 19.5 Å². The molecule has 0 spiro atoms. The molecule has 0 aromatic carbocycles. The summed E-state index contributed by atoms with van der Waals surface area (Å²) in [4.78, 5) is 28.4. The summed E-state index contributed by atoms with van der Waals surface area (Å²) in [6, 6.07) is 0. The zero-order chi connectivity index (χ0) is 13.4. The van der Waals surface area contributed by atoms with Gasteiger partial charge in [-0.2, -0.15) is 0 Å². The number of fused-ring (bicyclic) bond motifs is 1. The predicted molar refractivity (Wildman–Crippen MR) is 72.3 cm³/mol. The van der Waals surface area contributed by atoms with Crippen molar-refractivity contribution < 1.29 is 9.59 Å². The van der Waals surface area contributed by atoms with Crippen LogP contribution in [0.1, 0.15) is 32.1 Å². The van der Waals surface area contributed by atoms with E-state index in [1.54, 1.807) is 0 Å². The minimum absolute atomic E-state index is 0.000917. The number of piperidine rings is 1. The van der Waals surface area contributed by atoms with Crippen molar-refractivity contribution in [2.75, 3.05) is 19.8 Å². The predicted octanol–water partition coefficient (Wildman–Crippen LogP) is 1.95. The van der Waals surface area contributed by atoms with Crippen LogP contribution < -0.4 is 0 Å². The third-order valence-electron chi connectivity index (χ3n) is 4.45. The van der Waals surface area contributed by atoms with E-state index >= 15 is 0 Å². The molecule has 19 heavy (non-hydrogen) atoms. The van der Waals surface area contributed by atoms with Gasteiger partial charge in [-0.15, -0.1) is 0 Å². The molecule has 2 atom stereocenters. The molecule has 2 heterocycles. The summed E-state index contributed by atoms with van der Waals surface area (Å²) in [6.45, 7) is 2.46. The van der Waals surface area contributed by atoms with Crippen molar-refractivity contribution in [2.24, 2.45) is 11.8 Å². The topological polar surface area (TPSA) is 40.6 Å². The molecule has 0 N–H and O–H groups in total. The number of carbonyl (C=O) groups is 2. The van der Waals surface area contributed by atoms with Gasteiger partial charge in [0.2, 0.25) is 11.8 Å². The van der Waals surface area contributed by atoms with E-state index in [1.807, 2.05) is 6.08 Å². The Hall–Kier alpha value is -0.870. The van der Waals surface area contributed by atoms with Gasteiger partial charge in [-0.05, 0) is 38.8 Å². The fourth-order valence-electron chi connectivity index (χ4n) is 3.34. The second-order valence-corrected chi connectivity index (χ2v) is 6.21. The number of likely N-dealkylation sites (tertiary alicyclic amines) is 2. The zero-order valence-corrected chi connectivity index (χ0v) is 11.7. The van der Waals surface area contributed by atoms with Crippen LogP contribution in [0, 0.1) is 11.8 Å². The van der Waals surface area contributed by atoms with Crippen LogP contribution in [0.4, 0.5) is 0 Å². The van der Waals surface area contributed by atoms with E-state index < -0.39 is 0 Å². The highest BCUT2D eigenvalue weighted by Crippen LogP contribution is 2.38. The molecule has 1 aliphatic carbocycles. The summed E-state index contributed by atoms with van der Waals surface area (Å²) in [5.74, 6) is -0.401. The first-order valence-corrected chi connectivity index (χ1v) is 7.46. The standard InChI is InChI=1S/C14H19ClN2O2/c15-10-4-5-11-12(8-10)14(19)17(13(11)18)9-16-6-2-1-3-7-16/h4,11-12H,1-3,5-9H2/t11-,12+/m0/s1. The van der Waals surface area contributed by atoms with Gasteiger partial charge in [-0.25, -0.2) is 0 Å². The number of rotatable bonds is 2. The van der Waals surface area contributed by atoms with E-state index in [9.17, 15) is 9.59 Å². The Kier molecular flexibility index (Phi) is 3.63. The third kappa shape index (κ3) is 2.43. The molecule has 0 aromatic rings. The fourth-order valence-corrected chi connectivity index (χ4v) is 3.59. The first-order valence-electron chi connectivity index (χ1n) is 7.09. The average molecular weight is 283 g/mol. The van der Waals surface area contributed by atoms with Gasteiger partial charge in [0, 0.05) is 5.03 Å². The Labute approximate surface area is 118 Å². The summed E-state index contributed by atoms with van der Waals surface area (Å²) in [7, 11) is 0. The number of hydrogen-bond acceptors (Lipinski definition) is 3. The van der Waals surface area contributed by atoms with Crippen LogP contribution in [0.2, 0.25) is 0 Å². The molecule has 2 amide bonds. The van der Waals surface area contributed by atoms with Gasteiger partial charge in [-0.3, -0.25) is 19.4 Å². The first-order chi connectivity index (χ1) is 9.16. The number of hydrogen-bond donors (Lipinski definition) is 0. The normalized spacial score (nSPS) is 32.5. The summed E-state index contributed by atoms with van der Waals surface area (Å²) < 4.78 is 0. The molecule has 2 aliphatic heterocycles. The number of nitrogens with zero attached hydrogens (tertiary/aromatic N) is 2. The zero-order valence-electron chi connectivity index (χ0n) is 11.0. The van der Waals surface area contributed by atoms with Gasteiger partial charge >= 0.3 is 0 Å². The maximum atomic E-state index is 12.4.